The molecule has 1 atom stereocenters. The number of rotatable bonds is 5. The highest BCUT2D eigenvalue weighted by Crippen LogP contribution is 2.31. The summed E-state index contributed by atoms with van der Waals surface area (Å²) in [7, 11) is 3.73. The monoisotopic (exact) mass is 432 g/mol. The van der Waals surface area contributed by atoms with Crippen LogP contribution in [0.3, 0.4) is 0 Å². The first-order valence-electron chi connectivity index (χ1n) is 10.8. The van der Waals surface area contributed by atoms with Crippen molar-refractivity contribution in [3.8, 4) is 0 Å². The second-order valence-corrected chi connectivity index (χ2v) is 8.61. The summed E-state index contributed by atoms with van der Waals surface area (Å²) in [6.45, 7) is 4.90. The lowest BCUT2D eigenvalue weighted by atomic mass is 9.99. The second-order valence-electron chi connectivity index (χ2n) is 8.61. The summed E-state index contributed by atoms with van der Waals surface area (Å²) in [5.74, 6) is 0.199. The minimum absolute atomic E-state index is 0.00275. The minimum atomic E-state index is -0.194. The Kier molecular flexibility index (Phi) is 6.03. The number of aromatic nitrogens is 3. The topological polar surface area (TPSA) is 91.3 Å². The van der Waals surface area contributed by atoms with Crippen LogP contribution in [0.15, 0.2) is 42.7 Å². The average Bonchev–Trinajstić information content (AvgIpc) is 3.27. The van der Waals surface area contributed by atoms with Gasteiger partial charge in [-0.3, -0.25) is 14.6 Å². The summed E-state index contributed by atoms with van der Waals surface area (Å²) in [4.78, 5) is 43.2. The number of carbonyl (C=O) groups excluding carboxylic acids is 2. The lowest BCUT2D eigenvalue weighted by Crippen LogP contribution is -2.33. The lowest BCUT2D eigenvalue weighted by Gasteiger charge is -2.20. The van der Waals surface area contributed by atoms with Gasteiger partial charge in [-0.2, -0.15) is 0 Å². The Morgan fingerprint density at radius 2 is 1.94 bits per heavy atom. The van der Waals surface area contributed by atoms with Crippen molar-refractivity contribution in [3.63, 3.8) is 0 Å². The molecule has 8 nitrogen and oxygen atoms in total. The van der Waals surface area contributed by atoms with E-state index in [4.69, 9.17) is 4.98 Å². The van der Waals surface area contributed by atoms with Gasteiger partial charge < -0.3 is 15.1 Å². The van der Waals surface area contributed by atoms with Gasteiger partial charge in [-0.25, -0.2) is 9.97 Å². The maximum atomic E-state index is 13.3. The molecule has 3 heterocycles. The van der Waals surface area contributed by atoms with Crippen molar-refractivity contribution in [2.75, 3.05) is 32.1 Å². The van der Waals surface area contributed by atoms with Crippen LogP contribution in [0, 0.1) is 0 Å². The van der Waals surface area contributed by atoms with Crippen LogP contribution in [0.5, 0.6) is 0 Å². The van der Waals surface area contributed by atoms with Gasteiger partial charge in [0.15, 0.2) is 0 Å². The zero-order chi connectivity index (χ0) is 22.8. The highest BCUT2D eigenvalue weighted by Gasteiger charge is 2.33. The van der Waals surface area contributed by atoms with E-state index in [1.165, 1.54) is 0 Å². The first kappa shape index (κ1) is 21.7. The average molecular weight is 433 g/mol. The van der Waals surface area contributed by atoms with Crippen LogP contribution in [0.4, 0.5) is 5.95 Å². The molecule has 1 saturated heterocycles. The van der Waals surface area contributed by atoms with Gasteiger partial charge in [-0.05, 0) is 31.7 Å². The van der Waals surface area contributed by atoms with Crippen LogP contribution < -0.4 is 10.2 Å². The number of benzene rings is 1. The van der Waals surface area contributed by atoms with Crippen molar-refractivity contribution < 1.29 is 9.59 Å². The zero-order valence-electron chi connectivity index (χ0n) is 18.9. The highest BCUT2D eigenvalue weighted by molar-refractivity contribution is 6.05. The van der Waals surface area contributed by atoms with E-state index in [1.807, 2.05) is 63.2 Å². The standard InChI is InChI=1S/C24H28N6O2/c1-15(2)27-22(31)19-13-26-24(29(3)4)28-20(19)17-10-12-30(14-17)23(32)21-18-8-6-5-7-16(18)9-11-25-21/h5-9,11,13,15,17H,10,12,14H2,1-4H3,(H,27,31). The van der Waals surface area contributed by atoms with Crippen LogP contribution in [0.2, 0.25) is 0 Å². The molecule has 1 N–H and O–H groups in total. The van der Waals surface area contributed by atoms with Crippen LogP contribution in [0.25, 0.3) is 10.8 Å². The molecule has 32 heavy (non-hydrogen) atoms. The van der Waals surface area contributed by atoms with Crippen LogP contribution in [0.1, 0.15) is 52.7 Å². The molecule has 0 radical (unpaired) electrons. The fourth-order valence-corrected chi connectivity index (χ4v) is 4.03. The third kappa shape index (κ3) is 4.26. The van der Waals surface area contributed by atoms with Crippen molar-refractivity contribution in [2.24, 2.45) is 0 Å². The second kappa shape index (κ2) is 8.90. The summed E-state index contributed by atoms with van der Waals surface area (Å²) in [5.41, 5.74) is 1.60. The molecule has 1 aliphatic rings. The number of amides is 2. The molecule has 0 bridgehead atoms. The van der Waals surface area contributed by atoms with E-state index in [-0.39, 0.29) is 23.8 Å². The Morgan fingerprint density at radius 1 is 1.16 bits per heavy atom. The van der Waals surface area contributed by atoms with Gasteiger partial charge in [-0.1, -0.05) is 24.3 Å². The number of anilines is 1. The van der Waals surface area contributed by atoms with Gasteiger partial charge in [0, 0.05) is 56.9 Å². The van der Waals surface area contributed by atoms with Gasteiger partial charge in [0.05, 0.1) is 11.3 Å². The van der Waals surface area contributed by atoms with E-state index in [0.29, 0.717) is 36.0 Å². The number of fused-ring (bicyclic) bond motifs is 1. The van der Waals surface area contributed by atoms with E-state index in [1.54, 1.807) is 17.3 Å². The van der Waals surface area contributed by atoms with Gasteiger partial charge >= 0.3 is 0 Å². The van der Waals surface area contributed by atoms with Gasteiger partial charge in [-0.15, -0.1) is 0 Å². The van der Waals surface area contributed by atoms with Crippen LogP contribution >= 0.6 is 0 Å². The number of hydrogen-bond acceptors (Lipinski definition) is 6. The lowest BCUT2D eigenvalue weighted by molar-refractivity contribution is 0.0787. The molecule has 3 aromatic rings. The molecular formula is C24H28N6O2. The van der Waals surface area contributed by atoms with Crippen LogP contribution in [-0.2, 0) is 0 Å². The third-order valence-electron chi connectivity index (χ3n) is 5.61. The summed E-state index contributed by atoms with van der Waals surface area (Å²) in [6.07, 6.45) is 3.99. The van der Waals surface area contributed by atoms with Crippen LogP contribution in [-0.4, -0.2) is 64.9 Å². The summed E-state index contributed by atoms with van der Waals surface area (Å²) in [5, 5.41) is 4.76. The van der Waals surface area contributed by atoms with Crippen molar-refractivity contribution in [3.05, 3.63) is 59.7 Å². The quantitative estimate of drug-likeness (QED) is 0.667. The van der Waals surface area contributed by atoms with E-state index in [2.05, 4.69) is 15.3 Å². The number of carbonyl (C=O) groups is 2. The van der Waals surface area contributed by atoms with Crippen molar-refractivity contribution in [2.45, 2.75) is 32.2 Å². The molecule has 1 unspecified atom stereocenters. The SMILES string of the molecule is CC(C)NC(=O)c1cnc(N(C)C)nc1C1CCN(C(=O)c2nccc3ccccc23)C1. The molecular weight excluding hydrogens is 404 g/mol. The Balaban J connectivity index is 1.63. The molecule has 1 fully saturated rings. The van der Waals surface area contributed by atoms with Gasteiger partial charge in [0.25, 0.3) is 11.8 Å². The third-order valence-corrected chi connectivity index (χ3v) is 5.61. The number of hydrogen-bond donors (Lipinski definition) is 1. The predicted molar refractivity (Wildman–Crippen MR) is 124 cm³/mol. The molecule has 1 aromatic carbocycles. The first-order chi connectivity index (χ1) is 15.3. The number of pyridine rings is 1. The Labute approximate surface area is 187 Å². The van der Waals surface area contributed by atoms with E-state index >= 15 is 0 Å². The number of likely N-dealkylation sites (tertiary alicyclic amines) is 1. The van der Waals surface area contributed by atoms with Gasteiger partial charge in [0.2, 0.25) is 5.95 Å². The van der Waals surface area contributed by atoms with Gasteiger partial charge in [0.1, 0.15) is 5.69 Å². The van der Waals surface area contributed by atoms with E-state index in [0.717, 1.165) is 17.2 Å². The molecule has 0 aliphatic carbocycles. The molecule has 0 saturated carbocycles. The molecule has 166 valence electrons. The molecule has 8 heteroatoms. The maximum Gasteiger partial charge on any atom is 0.273 e. The fourth-order valence-electron chi connectivity index (χ4n) is 4.03. The van der Waals surface area contributed by atoms with Crippen molar-refractivity contribution in [1.29, 1.82) is 0 Å². The van der Waals surface area contributed by atoms with E-state index in [9.17, 15) is 9.59 Å². The molecule has 4 rings (SSSR count). The molecule has 0 spiro atoms. The number of nitrogens with one attached hydrogen (secondary N) is 1. The summed E-state index contributed by atoms with van der Waals surface area (Å²) in [6, 6.07) is 9.67. The smallest absolute Gasteiger partial charge is 0.273 e. The highest BCUT2D eigenvalue weighted by atomic mass is 16.2. The van der Waals surface area contributed by atoms with Crippen molar-refractivity contribution >= 4 is 28.5 Å². The number of nitrogens with zero attached hydrogens (tertiary/aromatic N) is 5. The maximum absolute atomic E-state index is 13.3. The molecule has 2 aromatic heterocycles. The minimum Gasteiger partial charge on any atom is -0.350 e. The zero-order valence-corrected chi connectivity index (χ0v) is 18.9. The fraction of sp³-hybridized carbons (Fsp3) is 0.375. The summed E-state index contributed by atoms with van der Waals surface area (Å²) >= 11 is 0. The predicted octanol–water partition coefficient (Wildman–Crippen LogP) is 2.86. The Hall–Kier alpha value is -3.55. The Morgan fingerprint density at radius 3 is 2.69 bits per heavy atom. The Bertz CT molecular complexity index is 1150. The summed E-state index contributed by atoms with van der Waals surface area (Å²) < 4.78 is 0. The molecule has 2 amide bonds. The van der Waals surface area contributed by atoms with Crippen molar-refractivity contribution in [1.82, 2.24) is 25.2 Å². The van der Waals surface area contributed by atoms with E-state index < -0.39 is 0 Å². The largest absolute Gasteiger partial charge is 0.350 e. The molecule has 1 aliphatic heterocycles. The normalized spacial score (nSPS) is 15.9. The first-order valence-corrected chi connectivity index (χ1v) is 10.8.